The van der Waals surface area contributed by atoms with Gasteiger partial charge < -0.3 is 0 Å². The van der Waals surface area contributed by atoms with Crippen molar-refractivity contribution < 1.29 is 4.79 Å². The van der Waals surface area contributed by atoms with E-state index in [4.69, 9.17) is 23.2 Å². The lowest BCUT2D eigenvalue weighted by atomic mass is 10.1. The van der Waals surface area contributed by atoms with E-state index in [-0.39, 0.29) is 15.9 Å². The Morgan fingerprint density at radius 3 is 2.17 bits per heavy atom. The predicted molar refractivity (Wildman–Crippen MR) is 74.4 cm³/mol. The van der Waals surface area contributed by atoms with Crippen molar-refractivity contribution in [3.63, 3.8) is 0 Å². The van der Waals surface area contributed by atoms with Gasteiger partial charge in [-0.25, -0.2) is 9.97 Å². The topological polar surface area (TPSA) is 42.9 Å². The number of rotatable bonds is 3. The third kappa shape index (κ3) is 3.07. The Bertz CT molecular complexity index is 564. The molecule has 0 unspecified atom stereocenters. The van der Waals surface area contributed by atoms with Crippen molar-refractivity contribution in [2.75, 3.05) is 0 Å². The first-order valence-electron chi connectivity index (χ1n) is 5.01. The lowest BCUT2D eigenvalue weighted by Gasteiger charge is -2.04. The van der Waals surface area contributed by atoms with E-state index in [0.29, 0.717) is 18.5 Å². The fourth-order valence-electron chi connectivity index (χ4n) is 1.42. The van der Waals surface area contributed by atoms with Crippen LogP contribution in [-0.2, 0) is 6.42 Å². The molecule has 6 heteroatoms. The summed E-state index contributed by atoms with van der Waals surface area (Å²) >= 11 is 15.1. The summed E-state index contributed by atoms with van der Waals surface area (Å²) in [7, 11) is 0. The standard InChI is InChI=1S/C12H7BrCl2N2O/c13-8-3-1-7(2-4-8)5-10-16-11(14)9(6-18)12(15)17-10/h1-4,6H,5H2. The molecule has 18 heavy (non-hydrogen) atoms. The Kier molecular flexibility index (Phi) is 4.32. The molecular formula is C12H7BrCl2N2O. The van der Waals surface area contributed by atoms with Gasteiger partial charge in [0.05, 0.1) is 5.56 Å². The molecule has 0 saturated carbocycles. The SMILES string of the molecule is O=Cc1c(Cl)nc(Cc2ccc(Br)cc2)nc1Cl. The van der Waals surface area contributed by atoms with Crippen LogP contribution in [0.4, 0.5) is 0 Å². The van der Waals surface area contributed by atoms with Gasteiger partial charge in [0.25, 0.3) is 0 Å². The Morgan fingerprint density at radius 1 is 1.11 bits per heavy atom. The molecule has 1 aromatic heterocycles. The summed E-state index contributed by atoms with van der Waals surface area (Å²) < 4.78 is 1.000. The highest BCUT2D eigenvalue weighted by molar-refractivity contribution is 9.10. The molecule has 0 fully saturated rings. The van der Waals surface area contributed by atoms with Gasteiger partial charge in [-0.3, -0.25) is 4.79 Å². The number of hydrogen-bond acceptors (Lipinski definition) is 3. The van der Waals surface area contributed by atoms with Crippen LogP contribution >= 0.6 is 39.1 Å². The molecule has 2 aromatic rings. The van der Waals surface area contributed by atoms with Gasteiger partial charge in [0.1, 0.15) is 16.1 Å². The monoisotopic (exact) mass is 344 g/mol. The zero-order valence-corrected chi connectivity index (χ0v) is 12.1. The maximum absolute atomic E-state index is 10.7. The van der Waals surface area contributed by atoms with Crippen molar-refractivity contribution in [3.8, 4) is 0 Å². The van der Waals surface area contributed by atoms with Crippen molar-refractivity contribution in [2.24, 2.45) is 0 Å². The van der Waals surface area contributed by atoms with Crippen molar-refractivity contribution in [2.45, 2.75) is 6.42 Å². The lowest BCUT2D eigenvalue weighted by Crippen LogP contribution is -2.01. The summed E-state index contributed by atoms with van der Waals surface area (Å²) in [6, 6.07) is 7.75. The summed E-state index contributed by atoms with van der Waals surface area (Å²) in [6.45, 7) is 0. The highest BCUT2D eigenvalue weighted by Crippen LogP contribution is 2.20. The Hall–Kier alpha value is -0.970. The number of aldehydes is 1. The molecule has 0 bridgehead atoms. The van der Waals surface area contributed by atoms with Crippen LogP contribution in [0.2, 0.25) is 10.3 Å². The van der Waals surface area contributed by atoms with Crippen LogP contribution in [0.5, 0.6) is 0 Å². The quantitative estimate of drug-likeness (QED) is 0.624. The number of carbonyl (C=O) groups excluding carboxylic acids is 1. The Labute approximate surface area is 122 Å². The Balaban J connectivity index is 2.30. The molecule has 1 heterocycles. The molecule has 92 valence electrons. The number of halogens is 3. The van der Waals surface area contributed by atoms with Crippen LogP contribution in [0.1, 0.15) is 21.7 Å². The Morgan fingerprint density at radius 2 is 1.67 bits per heavy atom. The van der Waals surface area contributed by atoms with E-state index in [1.165, 1.54) is 0 Å². The van der Waals surface area contributed by atoms with Crippen LogP contribution in [-0.4, -0.2) is 16.3 Å². The van der Waals surface area contributed by atoms with E-state index < -0.39 is 0 Å². The maximum Gasteiger partial charge on any atom is 0.156 e. The van der Waals surface area contributed by atoms with E-state index >= 15 is 0 Å². The van der Waals surface area contributed by atoms with Gasteiger partial charge in [0.2, 0.25) is 0 Å². The highest BCUT2D eigenvalue weighted by atomic mass is 79.9. The van der Waals surface area contributed by atoms with Crippen molar-refractivity contribution in [1.82, 2.24) is 9.97 Å². The molecule has 0 saturated heterocycles. The third-order valence-electron chi connectivity index (χ3n) is 2.29. The number of carbonyl (C=O) groups is 1. The number of aromatic nitrogens is 2. The van der Waals surface area contributed by atoms with E-state index in [0.717, 1.165) is 10.0 Å². The number of benzene rings is 1. The zero-order chi connectivity index (χ0) is 13.1. The van der Waals surface area contributed by atoms with Gasteiger partial charge in [0.15, 0.2) is 6.29 Å². The molecule has 0 spiro atoms. The highest BCUT2D eigenvalue weighted by Gasteiger charge is 2.11. The van der Waals surface area contributed by atoms with Crippen molar-refractivity contribution >= 4 is 45.4 Å². The second-order valence-electron chi connectivity index (χ2n) is 3.56. The molecular weight excluding hydrogens is 339 g/mol. The van der Waals surface area contributed by atoms with Gasteiger partial charge in [-0.1, -0.05) is 51.3 Å². The van der Waals surface area contributed by atoms with Crippen molar-refractivity contribution in [3.05, 3.63) is 56.0 Å². The molecule has 0 amide bonds. The number of hydrogen-bond donors (Lipinski definition) is 0. The second kappa shape index (κ2) is 5.78. The molecule has 0 aliphatic heterocycles. The molecule has 2 rings (SSSR count). The van der Waals surface area contributed by atoms with Crippen LogP contribution in [0, 0.1) is 0 Å². The molecule has 1 aromatic carbocycles. The summed E-state index contributed by atoms with van der Waals surface area (Å²) in [6.07, 6.45) is 1.06. The fourth-order valence-corrected chi connectivity index (χ4v) is 2.19. The molecule has 0 N–H and O–H groups in total. The van der Waals surface area contributed by atoms with Gasteiger partial charge in [0, 0.05) is 10.9 Å². The summed E-state index contributed by atoms with van der Waals surface area (Å²) in [5.74, 6) is 0.484. The fraction of sp³-hybridized carbons (Fsp3) is 0.0833. The van der Waals surface area contributed by atoms with E-state index in [9.17, 15) is 4.79 Å². The predicted octanol–water partition coefficient (Wildman–Crippen LogP) is 3.95. The van der Waals surface area contributed by atoms with Gasteiger partial charge in [-0.2, -0.15) is 0 Å². The largest absolute Gasteiger partial charge is 0.298 e. The maximum atomic E-state index is 10.7. The van der Waals surface area contributed by atoms with Crippen LogP contribution in [0.3, 0.4) is 0 Å². The van der Waals surface area contributed by atoms with E-state index in [2.05, 4.69) is 25.9 Å². The lowest BCUT2D eigenvalue weighted by molar-refractivity contribution is 0.112. The first-order valence-corrected chi connectivity index (χ1v) is 6.56. The van der Waals surface area contributed by atoms with Gasteiger partial charge in [-0.15, -0.1) is 0 Å². The zero-order valence-electron chi connectivity index (χ0n) is 9.03. The molecule has 0 aliphatic carbocycles. The van der Waals surface area contributed by atoms with Gasteiger partial charge >= 0.3 is 0 Å². The smallest absolute Gasteiger partial charge is 0.156 e. The first kappa shape index (κ1) is 13.5. The summed E-state index contributed by atoms with van der Waals surface area (Å²) in [5.41, 5.74) is 1.15. The minimum Gasteiger partial charge on any atom is -0.298 e. The average Bonchev–Trinajstić information content (AvgIpc) is 2.32. The normalized spacial score (nSPS) is 10.4. The average molecular weight is 346 g/mol. The molecule has 0 aliphatic rings. The van der Waals surface area contributed by atoms with Crippen LogP contribution in [0.15, 0.2) is 28.7 Å². The molecule has 3 nitrogen and oxygen atoms in total. The van der Waals surface area contributed by atoms with Gasteiger partial charge in [-0.05, 0) is 17.7 Å². The number of nitrogens with zero attached hydrogens (tertiary/aromatic N) is 2. The van der Waals surface area contributed by atoms with E-state index in [1.807, 2.05) is 24.3 Å². The van der Waals surface area contributed by atoms with E-state index in [1.54, 1.807) is 0 Å². The third-order valence-corrected chi connectivity index (χ3v) is 3.40. The van der Waals surface area contributed by atoms with Crippen LogP contribution < -0.4 is 0 Å². The minimum absolute atomic E-state index is 0.0807. The van der Waals surface area contributed by atoms with Crippen molar-refractivity contribution in [1.29, 1.82) is 0 Å². The second-order valence-corrected chi connectivity index (χ2v) is 5.19. The van der Waals surface area contributed by atoms with Crippen LogP contribution in [0.25, 0.3) is 0 Å². The molecule has 0 atom stereocenters. The minimum atomic E-state index is 0.0807. The summed E-state index contributed by atoms with van der Waals surface area (Å²) in [4.78, 5) is 18.8. The molecule has 0 radical (unpaired) electrons. The first-order chi connectivity index (χ1) is 8.60. The summed E-state index contributed by atoms with van der Waals surface area (Å²) in [5, 5.41) is 0.161.